The number of amides is 1. The van der Waals surface area contributed by atoms with Gasteiger partial charge in [-0.2, -0.15) is 0 Å². The molecule has 0 aromatic heterocycles. The minimum absolute atomic E-state index is 0.237. The smallest absolute Gasteiger partial charge is 0.225 e. The molecular weight excluding hydrogens is 188 g/mol. The predicted molar refractivity (Wildman–Crippen MR) is 62.7 cm³/mol. The van der Waals surface area contributed by atoms with Crippen LogP contribution in [0.25, 0.3) is 0 Å². The lowest BCUT2D eigenvalue weighted by Crippen LogP contribution is -2.48. The van der Waals surface area contributed by atoms with Gasteiger partial charge >= 0.3 is 0 Å². The molecule has 0 aliphatic carbocycles. The van der Waals surface area contributed by atoms with Crippen molar-refractivity contribution in [2.75, 3.05) is 20.1 Å². The van der Waals surface area contributed by atoms with Crippen LogP contribution in [0, 0.1) is 5.92 Å². The molecule has 0 spiro atoms. The maximum absolute atomic E-state index is 12.1. The summed E-state index contributed by atoms with van der Waals surface area (Å²) in [6, 6.07) is 0.497. The summed E-state index contributed by atoms with van der Waals surface area (Å²) in [5.74, 6) is 0.598. The fourth-order valence-electron chi connectivity index (χ4n) is 2.31. The second kappa shape index (κ2) is 6.11. The molecule has 15 heavy (non-hydrogen) atoms. The molecule has 1 saturated heterocycles. The van der Waals surface area contributed by atoms with Gasteiger partial charge in [0.15, 0.2) is 0 Å². The van der Waals surface area contributed by atoms with E-state index in [1.807, 2.05) is 11.9 Å². The summed E-state index contributed by atoms with van der Waals surface area (Å²) in [5.41, 5.74) is 0. The minimum Gasteiger partial charge on any atom is -0.341 e. The fourth-order valence-corrected chi connectivity index (χ4v) is 2.31. The lowest BCUT2D eigenvalue weighted by atomic mass is 9.99. The van der Waals surface area contributed by atoms with Gasteiger partial charge in [0.1, 0.15) is 0 Å². The van der Waals surface area contributed by atoms with Crippen molar-refractivity contribution in [2.45, 2.75) is 45.6 Å². The van der Waals surface area contributed by atoms with Crippen LogP contribution in [0.1, 0.15) is 39.5 Å². The van der Waals surface area contributed by atoms with Crippen LogP contribution < -0.4 is 5.32 Å². The lowest BCUT2D eigenvalue weighted by Gasteiger charge is -2.34. The van der Waals surface area contributed by atoms with Crippen LogP contribution in [0.15, 0.2) is 0 Å². The Labute approximate surface area is 93.2 Å². The highest BCUT2D eigenvalue weighted by molar-refractivity contribution is 5.78. The summed E-state index contributed by atoms with van der Waals surface area (Å²) >= 11 is 0. The average Bonchev–Trinajstić information content (AvgIpc) is 2.30. The Bertz CT molecular complexity index is 202. The van der Waals surface area contributed by atoms with Crippen molar-refractivity contribution in [2.24, 2.45) is 5.92 Å². The van der Waals surface area contributed by atoms with E-state index in [0.29, 0.717) is 11.9 Å². The first-order chi connectivity index (χ1) is 7.22. The summed E-state index contributed by atoms with van der Waals surface area (Å²) < 4.78 is 0. The molecule has 1 N–H and O–H groups in total. The maximum Gasteiger partial charge on any atom is 0.225 e. The summed E-state index contributed by atoms with van der Waals surface area (Å²) in [5, 5.41) is 3.27. The highest BCUT2D eigenvalue weighted by Crippen LogP contribution is 2.16. The predicted octanol–water partition coefficient (Wildman–Crippen LogP) is 1.63. The molecule has 0 saturated carbocycles. The molecule has 1 aliphatic heterocycles. The molecule has 0 aromatic rings. The topological polar surface area (TPSA) is 32.3 Å². The maximum atomic E-state index is 12.1. The highest BCUT2D eigenvalue weighted by Gasteiger charge is 2.26. The van der Waals surface area contributed by atoms with Crippen molar-refractivity contribution < 1.29 is 4.79 Å². The van der Waals surface area contributed by atoms with Gasteiger partial charge in [-0.3, -0.25) is 4.79 Å². The largest absolute Gasteiger partial charge is 0.341 e. The number of rotatable bonds is 4. The second-order valence-electron chi connectivity index (χ2n) is 4.43. The molecular formula is C12H24N2O. The Balaban J connectivity index is 2.51. The van der Waals surface area contributed by atoms with E-state index in [1.54, 1.807) is 0 Å². The van der Waals surface area contributed by atoms with Crippen LogP contribution in [0.5, 0.6) is 0 Å². The van der Waals surface area contributed by atoms with Crippen LogP contribution in [0.3, 0.4) is 0 Å². The third-order valence-electron chi connectivity index (χ3n) is 3.48. The van der Waals surface area contributed by atoms with Crippen LogP contribution in [-0.4, -0.2) is 37.0 Å². The monoisotopic (exact) mass is 212 g/mol. The molecule has 1 unspecified atom stereocenters. The molecule has 0 bridgehead atoms. The Morgan fingerprint density at radius 2 is 2.13 bits per heavy atom. The standard InChI is InChI=1S/C12H24N2O/c1-4-10(5-2)12(15)14-8-6-7-11(9-14)13-3/h10-11,13H,4-9H2,1-3H3. The third-order valence-corrected chi connectivity index (χ3v) is 3.48. The van der Waals surface area contributed by atoms with Crippen molar-refractivity contribution in [1.29, 1.82) is 0 Å². The van der Waals surface area contributed by atoms with Crippen molar-refractivity contribution >= 4 is 5.91 Å². The summed E-state index contributed by atoms with van der Waals surface area (Å²) in [6.45, 7) is 6.05. The number of likely N-dealkylation sites (N-methyl/N-ethyl adjacent to an activating group) is 1. The molecule has 3 nitrogen and oxygen atoms in total. The molecule has 0 aromatic carbocycles. The zero-order chi connectivity index (χ0) is 11.3. The van der Waals surface area contributed by atoms with Gasteiger partial charge in [0, 0.05) is 25.0 Å². The lowest BCUT2D eigenvalue weighted by molar-refractivity contribution is -0.137. The van der Waals surface area contributed by atoms with Crippen LogP contribution >= 0.6 is 0 Å². The van der Waals surface area contributed by atoms with Gasteiger partial charge in [-0.25, -0.2) is 0 Å². The number of hydrogen-bond donors (Lipinski definition) is 1. The van der Waals surface area contributed by atoms with Crippen LogP contribution in [0.4, 0.5) is 0 Å². The number of nitrogens with zero attached hydrogens (tertiary/aromatic N) is 1. The van der Waals surface area contributed by atoms with Gasteiger partial charge < -0.3 is 10.2 Å². The SMILES string of the molecule is CCC(CC)C(=O)N1CCCC(NC)C1. The summed E-state index contributed by atoms with van der Waals surface area (Å²) in [6.07, 6.45) is 4.27. The van der Waals surface area contributed by atoms with Gasteiger partial charge in [0.05, 0.1) is 0 Å². The number of piperidine rings is 1. The van der Waals surface area contributed by atoms with E-state index < -0.39 is 0 Å². The van der Waals surface area contributed by atoms with Crippen molar-refractivity contribution in [3.63, 3.8) is 0 Å². The van der Waals surface area contributed by atoms with E-state index in [4.69, 9.17) is 0 Å². The Morgan fingerprint density at radius 3 is 2.67 bits per heavy atom. The number of hydrogen-bond acceptors (Lipinski definition) is 2. The normalized spacial score (nSPS) is 22.1. The van der Waals surface area contributed by atoms with Crippen molar-refractivity contribution in [3.8, 4) is 0 Å². The van der Waals surface area contributed by atoms with E-state index in [9.17, 15) is 4.79 Å². The molecule has 1 atom stereocenters. The minimum atomic E-state index is 0.237. The molecule has 1 fully saturated rings. The molecule has 88 valence electrons. The fraction of sp³-hybridized carbons (Fsp3) is 0.917. The van der Waals surface area contributed by atoms with E-state index >= 15 is 0 Å². The van der Waals surface area contributed by atoms with E-state index in [0.717, 1.165) is 32.4 Å². The molecule has 1 aliphatic rings. The molecule has 1 amide bonds. The first kappa shape index (κ1) is 12.5. The Kier molecular flexibility index (Phi) is 5.09. The molecule has 3 heteroatoms. The van der Waals surface area contributed by atoms with Gasteiger partial charge in [-0.15, -0.1) is 0 Å². The number of nitrogens with one attached hydrogen (secondary N) is 1. The first-order valence-corrected chi connectivity index (χ1v) is 6.18. The molecule has 1 rings (SSSR count). The van der Waals surface area contributed by atoms with Crippen LogP contribution in [0.2, 0.25) is 0 Å². The molecule has 1 heterocycles. The van der Waals surface area contributed by atoms with Gasteiger partial charge in [-0.1, -0.05) is 13.8 Å². The van der Waals surface area contributed by atoms with Gasteiger partial charge in [0.25, 0.3) is 0 Å². The van der Waals surface area contributed by atoms with Gasteiger partial charge in [-0.05, 0) is 32.7 Å². The Hall–Kier alpha value is -0.570. The zero-order valence-corrected chi connectivity index (χ0v) is 10.3. The van der Waals surface area contributed by atoms with Gasteiger partial charge in [0.2, 0.25) is 5.91 Å². The van der Waals surface area contributed by atoms with E-state index in [2.05, 4.69) is 19.2 Å². The quantitative estimate of drug-likeness (QED) is 0.768. The molecule has 0 radical (unpaired) electrons. The highest BCUT2D eigenvalue weighted by atomic mass is 16.2. The van der Waals surface area contributed by atoms with Crippen LogP contribution in [-0.2, 0) is 4.79 Å². The summed E-state index contributed by atoms with van der Waals surface area (Å²) in [7, 11) is 1.98. The van der Waals surface area contributed by atoms with E-state index in [-0.39, 0.29) is 5.92 Å². The number of likely N-dealkylation sites (tertiary alicyclic amines) is 1. The van der Waals surface area contributed by atoms with Crippen molar-refractivity contribution in [1.82, 2.24) is 10.2 Å². The zero-order valence-electron chi connectivity index (χ0n) is 10.3. The van der Waals surface area contributed by atoms with E-state index in [1.165, 1.54) is 6.42 Å². The first-order valence-electron chi connectivity index (χ1n) is 6.18. The Morgan fingerprint density at radius 1 is 1.47 bits per heavy atom. The van der Waals surface area contributed by atoms with Crippen molar-refractivity contribution in [3.05, 3.63) is 0 Å². The summed E-state index contributed by atoms with van der Waals surface area (Å²) in [4.78, 5) is 14.2. The second-order valence-corrected chi connectivity index (χ2v) is 4.43. The average molecular weight is 212 g/mol. The number of carbonyl (C=O) groups excluding carboxylic acids is 1. The number of carbonyl (C=O) groups is 1. The third kappa shape index (κ3) is 3.20.